The van der Waals surface area contributed by atoms with Crippen LogP contribution < -0.4 is 15.0 Å². The predicted octanol–water partition coefficient (Wildman–Crippen LogP) is 3.53. The summed E-state index contributed by atoms with van der Waals surface area (Å²) in [6.07, 6.45) is 2.08. The van der Waals surface area contributed by atoms with Crippen LogP contribution in [0.1, 0.15) is 39.2 Å². The van der Waals surface area contributed by atoms with Crippen molar-refractivity contribution in [2.75, 3.05) is 18.6 Å². The molecule has 0 spiro atoms. The quantitative estimate of drug-likeness (QED) is 0.788. The minimum atomic E-state index is -0.567. The van der Waals surface area contributed by atoms with Gasteiger partial charge in [-0.2, -0.15) is 0 Å². The standard InChI is InChI=1S/C21H26N4O4S/c1-21(2,3)29-20(27)24(4)13-6-5-12-17(13)25(18(26)22-12)19-23-16-11-9-10-28-14(11)7-8-15(16)30-19/h7-8,12-13,17H,5-6,9-10H2,1-4H3,(H,22,26)/t12-,13-,17-/m0/s1. The van der Waals surface area contributed by atoms with Crippen molar-refractivity contribution in [3.8, 4) is 5.75 Å². The number of fused-ring (bicyclic) bond motifs is 4. The maximum Gasteiger partial charge on any atom is 0.410 e. The van der Waals surface area contributed by atoms with E-state index < -0.39 is 5.60 Å². The number of nitrogens with one attached hydrogen (secondary N) is 1. The summed E-state index contributed by atoms with van der Waals surface area (Å²) in [5.74, 6) is 0.881. The first-order valence-electron chi connectivity index (χ1n) is 10.3. The molecular formula is C21H26N4O4S. The van der Waals surface area contributed by atoms with E-state index in [1.165, 1.54) is 11.3 Å². The Labute approximate surface area is 179 Å². The number of aromatic nitrogens is 1. The molecule has 3 heterocycles. The average molecular weight is 431 g/mol. The maximum absolute atomic E-state index is 12.9. The molecule has 2 aliphatic heterocycles. The van der Waals surface area contributed by atoms with Crippen molar-refractivity contribution in [1.82, 2.24) is 15.2 Å². The minimum absolute atomic E-state index is 0.00607. The molecule has 5 rings (SSSR count). The van der Waals surface area contributed by atoms with E-state index in [9.17, 15) is 9.59 Å². The molecule has 0 radical (unpaired) electrons. The van der Waals surface area contributed by atoms with E-state index in [2.05, 4.69) is 5.32 Å². The second-order valence-corrected chi connectivity index (χ2v) is 10.1. The highest BCUT2D eigenvalue weighted by molar-refractivity contribution is 7.22. The highest BCUT2D eigenvalue weighted by Crippen LogP contribution is 2.42. The Bertz CT molecular complexity index is 1030. The van der Waals surface area contributed by atoms with Crippen LogP contribution in [0.25, 0.3) is 10.2 Å². The zero-order valence-electron chi connectivity index (χ0n) is 17.6. The van der Waals surface area contributed by atoms with Crippen LogP contribution in [-0.2, 0) is 11.2 Å². The van der Waals surface area contributed by atoms with Gasteiger partial charge in [0.1, 0.15) is 11.4 Å². The first kappa shape index (κ1) is 19.4. The van der Waals surface area contributed by atoms with Crippen LogP contribution in [0, 0.1) is 0 Å². The molecule has 30 heavy (non-hydrogen) atoms. The summed E-state index contributed by atoms with van der Waals surface area (Å²) in [6.45, 7) is 6.23. The number of benzene rings is 1. The Balaban J connectivity index is 1.47. The third-order valence-corrected chi connectivity index (χ3v) is 7.03. The minimum Gasteiger partial charge on any atom is -0.493 e. The van der Waals surface area contributed by atoms with E-state index in [1.54, 1.807) is 16.8 Å². The van der Waals surface area contributed by atoms with Gasteiger partial charge < -0.3 is 19.7 Å². The van der Waals surface area contributed by atoms with Gasteiger partial charge in [0.05, 0.1) is 34.9 Å². The van der Waals surface area contributed by atoms with Crippen molar-refractivity contribution in [3.05, 3.63) is 17.7 Å². The maximum atomic E-state index is 12.9. The van der Waals surface area contributed by atoms with Crippen molar-refractivity contribution in [3.63, 3.8) is 0 Å². The summed E-state index contributed by atoms with van der Waals surface area (Å²) in [5, 5.41) is 3.75. The molecular weight excluding hydrogens is 404 g/mol. The lowest BCUT2D eigenvalue weighted by molar-refractivity contribution is 0.0214. The van der Waals surface area contributed by atoms with Crippen LogP contribution in [0.4, 0.5) is 14.7 Å². The normalized spacial score (nSPS) is 25.1. The number of carbonyl (C=O) groups is 2. The Morgan fingerprint density at radius 2 is 2.17 bits per heavy atom. The Morgan fingerprint density at radius 1 is 1.37 bits per heavy atom. The summed E-state index contributed by atoms with van der Waals surface area (Å²) in [6, 6.07) is 3.52. The highest BCUT2D eigenvalue weighted by atomic mass is 32.1. The fraction of sp³-hybridized carbons (Fsp3) is 0.571. The van der Waals surface area contributed by atoms with Crippen molar-refractivity contribution in [1.29, 1.82) is 0 Å². The number of carbonyl (C=O) groups excluding carboxylic acids is 2. The molecule has 1 aromatic carbocycles. The molecule has 1 N–H and O–H groups in total. The van der Waals surface area contributed by atoms with Crippen LogP contribution in [0.2, 0.25) is 0 Å². The van der Waals surface area contributed by atoms with Crippen molar-refractivity contribution < 1.29 is 19.1 Å². The van der Waals surface area contributed by atoms with Gasteiger partial charge in [0.15, 0.2) is 5.13 Å². The van der Waals surface area contributed by atoms with Gasteiger partial charge >= 0.3 is 12.1 Å². The third kappa shape index (κ3) is 3.07. The first-order valence-corrected chi connectivity index (χ1v) is 11.2. The van der Waals surface area contributed by atoms with Crippen molar-refractivity contribution in [2.24, 2.45) is 0 Å². The van der Waals surface area contributed by atoms with E-state index in [0.29, 0.717) is 11.7 Å². The molecule has 9 heteroatoms. The largest absolute Gasteiger partial charge is 0.493 e. The van der Waals surface area contributed by atoms with E-state index in [4.69, 9.17) is 14.5 Å². The van der Waals surface area contributed by atoms with Gasteiger partial charge in [-0.05, 0) is 45.7 Å². The molecule has 160 valence electrons. The molecule has 0 unspecified atom stereocenters. The summed E-state index contributed by atoms with van der Waals surface area (Å²) >= 11 is 1.51. The summed E-state index contributed by atoms with van der Waals surface area (Å²) in [4.78, 5) is 33.8. The monoisotopic (exact) mass is 430 g/mol. The van der Waals surface area contributed by atoms with E-state index in [1.807, 2.05) is 32.9 Å². The topological polar surface area (TPSA) is 84.0 Å². The second-order valence-electron chi connectivity index (χ2n) is 9.14. The fourth-order valence-corrected chi connectivity index (χ4v) is 5.74. The van der Waals surface area contributed by atoms with E-state index in [-0.39, 0.29) is 30.2 Å². The number of urea groups is 1. The number of nitrogens with zero attached hydrogens (tertiary/aromatic N) is 3. The van der Waals surface area contributed by atoms with Gasteiger partial charge in [0.2, 0.25) is 0 Å². The van der Waals surface area contributed by atoms with Gasteiger partial charge in [0, 0.05) is 19.0 Å². The molecule has 3 amide bonds. The first-order chi connectivity index (χ1) is 14.2. The second kappa shape index (κ2) is 6.73. The smallest absolute Gasteiger partial charge is 0.410 e. The lowest BCUT2D eigenvalue weighted by atomic mass is 10.1. The Kier molecular flexibility index (Phi) is 4.36. The number of hydrogen-bond acceptors (Lipinski definition) is 6. The number of anilines is 1. The lowest BCUT2D eigenvalue weighted by Gasteiger charge is -2.33. The Morgan fingerprint density at radius 3 is 2.93 bits per heavy atom. The molecule has 3 atom stereocenters. The van der Waals surface area contributed by atoms with Crippen molar-refractivity contribution in [2.45, 2.75) is 63.8 Å². The SMILES string of the molecule is CN(C(=O)OC(C)(C)C)[C@H]1CC[C@@H]2NC(=O)N(c3nc4c5c(ccc4s3)OCC5)[C@@H]21. The molecule has 2 fully saturated rings. The van der Waals surface area contributed by atoms with Crippen LogP contribution >= 0.6 is 11.3 Å². The predicted molar refractivity (Wildman–Crippen MR) is 114 cm³/mol. The number of thiazole rings is 1. The number of amides is 3. The van der Waals surface area contributed by atoms with Gasteiger partial charge in [-0.3, -0.25) is 4.90 Å². The molecule has 0 bridgehead atoms. The molecule has 1 saturated carbocycles. The van der Waals surface area contributed by atoms with Crippen LogP contribution in [0.15, 0.2) is 12.1 Å². The molecule has 1 aliphatic carbocycles. The van der Waals surface area contributed by atoms with Crippen LogP contribution in [0.3, 0.4) is 0 Å². The molecule has 8 nitrogen and oxygen atoms in total. The van der Waals surface area contributed by atoms with Gasteiger partial charge in [-0.1, -0.05) is 11.3 Å². The third-order valence-electron chi connectivity index (χ3n) is 6.01. The summed E-state index contributed by atoms with van der Waals surface area (Å²) in [5.41, 5.74) is 1.46. The Hall–Kier alpha value is -2.55. The number of rotatable bonds is 2. The fourth-order valence-electron chi connectivity index (χ4n) is 4.70. The van der Waals surface area contributed by atoms with Gasteiger partial charge in [-0.25, -0.2) is 14.6 Å². The zero-order valence-corrected chi connectivity index (χ0v) is 18.4. The van der Waals surface area contributed by atoms with Crippen molar-refractivity contribution >= 4 is 38.8 Å². The molecule has 1 aromatic heterocycles. The molecule has 2 aromatic rings. The lowest BCUT2D eigenvalue weighted by Crippen LogP contribution is -2.51. The van der Waals surface area contributed by atoms with Crippen LogP contribution in [0.5, 0.6) is 5.75 Å². The van der Waals surface area contributed by atoms with E-state index >= 15 is 0 Å². The number of likely N-dealkylation sites (N-methyl/N-ethyl adjacent to an activating group) is 1. The molecule has 3 aliphatic rings. The highest BCUT2D eigenvalue weighted by Gasteiger charge is 2.52. The van der Waals surface area contributed by atoms with Gasteiger partial charge in [-0.15, -0.1) is 0 Å². The summed E-state index contributed by atoms with van der Waals surface area (Å²) < 4.78 is 12.3. The van der Waals surface area contributed by atoms with Crippen LogP contribution in [-0.4, -0.2) is 59.4 Å². The zero-order chi connectivity index (χ0) is 21.2. The van der Waals surface area contributed by atoms with Gasteiger partial charge in [0.25, 0.3) is 0 Å². The van der Waals surface area contributed by atoms with E-state index in [0.717, 1.165) is 40.8 Å². The molecule has 1 saturated heterocycles. The number of hydrogen-bond donors (Lipinski definition) is 1. The average Bonchev–Trinajstić information content (AvgIpc) is 3.40. The summed E-state index contributed by atoms with van der Waals surface area (Å²) in [7, 11) is 1.75. The number of ether oxygens (including phenoxy) is 2.